The average Bonchev–Trinajstić information content (AvgIpc) is 2.48. The first-order valence-electron chi connectivity index (χ1n) is 4.46. The summed E-state index contributed by atoms with van der Waals surface area (Å²) in [7, 11) is 0. The molecule has 2 aromatic rings. The fraction of sp³-hybridized carbons (Fsp3) is 0.182. The summed E-state index contributed by atoms with van der Waals surface area (Å²) in [5, 5.41) is 0.676. The number of nitrogens with zero attached hydrogens (tertiary/aromatic N) is 2. The Kier molecular flexibility index (Phi) is 2.30. The Morgan fingerprint density at radius 1 is 1.14 bits per heavy atom. The molecule has 0 aliphatic rings. The maximum atomic E-state index is 6.08. The summed E-state index contributed by atoms with van der Waals surface area (Å²) in [6.07, 6.45) is 1.75. The molecule has 0 amide bonds. The number of halogens is 1. The molecule has 0 saturated heterocycles. The summed E-state index contributed by atoms with van der Waals surface area (Å²) in [5.74, 6) is 0.800. The van der Waals surface area contributed by atoms with E-state index in [1.165, 1.54) is 0 Å². The number of rotatable bonds is 1. The summed E-state index contributed by atoms with van der Waals surface area (Å²) in [6, 6.07) is 7.80. The molecule has 0 aliphatic carbocycles. The Labute approximate surface area is 88.2 Å². The summed E-state index contributed by atoms with van der Waals surface area (Å²) >= 11 is 6.08. The largest absolute Gasteiger partial charge is 0.302 e. The summed E-state index contributed by atoms with van der Waals surface area (Å²) in [4.78, 5) is 4.27. The maximum Gasteiger partial charge on any atom is 0.155 e. The van der Waals surface area contributed by atoms with Gasteiger partial charge in [0.25, 0.3) is 0 Å². The average molecular weight is 207 g/mol. The van der Waals surface area contributed by atoms with Crippen molar-refractivity contribution in [2.24, 2.45) is 0 Å². The zero-order valence-corrected chi connectivity index (χ0v) is 8.92. The van der Waals surface area contributed by atoms with E-state index < -0.39 is 0 Å². The zero-order chi connectivity index (χ0) is 10.1. The molecule has 2 nitrogen and oxygen atoms in total. The Balaban J connectivity index is 2.66. The topological polar surface area (TPSA) is 17.8 Å². The second-order valence-electron chi connectivity index (χ2n) is 3.26. The summed E-state index contributed by atoms with van der Waals surface area (Å²) in [6.45, 7) is 4.08. The van der Waals surface area contributed by atoms with Gasteiger partial charge in [-0.1, -0.05) is 11.6 Å². The molecule has 0 atom stereocenters. The van der Waals surface area contributed by atoms with Gasteiger partial charge in [-0.2, -0.15) is 0 Å². The highest BCUT2D eigenvalue weighted by Gasteiger charge is 2.07. The molecule has 0 aliphatic heterocycles. The third-order valence-electron chi connectivity index (χ3n) is 2.22. The fourth-order valence-corrected chi connectivity index (χ4v) is 1.75. The van der Waals surface area contributed by atoms with Crippen LogP contribution in [-0.4, -0.2) is 9.55 Å². The predicted octanol–water partition coefficient (Wildman–Crippen LogP) is 3.14. The number of aryl methyl sites for hydroxylation is 2. The predicted molar refractivity (Wildman–Crippen MR) is 58.0 cm³/mol. The van der Waals surface area contributed by atoms with Gasteiger partial charge in [-0.15, -0.1) is 0 Å². The van der Waals surface area contributed by atoms with Crippen molar-refractivity contribution in [3.8, 4) is 5.82 Å². The normalized spacial score (nSPS) is 10.5. The smallest absolute Gasteiger partial charge is 0.155 e. The molecule has 0 fully saturated rings. The van der Waals surface area contributed by atoms with Crippen molar-refractivity contribution < 1.29 is 0 Å². The number of pyridine rings is 1. The lowest BCUT2D eigenvalue weighted by atomic mass is 10.4. The van der Waals surface area contributed by atoms with E-state index in [2.05, 4.69) is 17.1 Å². The molecule has 2 aromatic heterocycles. The van der Waals surface area contributed by atoms with Crippen LogP contribution in [-0.2, 0) is 0 Å². The summed E-state index contributed by atoms with van der Waals surface area (Å²) in [5.41, 5.74) is 2.28. The zero-order valence-electron chi connectivity index (χ0n) is 8.16. The second-order valence-corrected chi connectivity index (χ2v) is 3.67. The first-order valence-corrected chi connectivity index (χ1v) is 4.84. The number of hydrogen-bond donors (Lipinski definition) is 0. The van der Waals surface area contributed by atoms with Crippen LogP contribution in [0.1, 0.15) is 11.4 Å². The van der Waals surface area contributed by atoms with Gasteiger partial charge in [-0.05, 0) is 38.1 Å². The molecule has 0 bridgehead atoms. The number of hydrogen-bond acceptors (Lipinski definition) is 1. The van der Waals surface area contributed by atoms with Gasteiger partial charge in [0.1, 0.15) is 0 Å². The van der Waals surface area contributed by atoms with Gasteiger partial charge < -0.3 is 4.57 Å². The minimum atomic E-state index is 0.676. The lowest BCUT2D eigenvalue weighted by molar-refractivity contribution is 0.922. The monoisotopic (exact) mass is 206 g/mol. The van der Waals surface area contributed by atoms with Crippen molar-refractivity contribution in [2.45, 2.75) is 13.8 Å². The van der Waals surface area contributed by atoms with E-state index in [1.54, 1.807) is 6.20 Å². The quantitative estimate of drug-likeness (QED) is 0.701. The van der Waals surface area contributed by atoms with E-state index in [0.29, 0.717) is 5.02 Å². The van der Waals surface area contributed by atoms with Crippen LogP contribution in [0, 0.1) is 13.8 Å². The van der Waals surface area contributed by atoms with Crippen molar-refractivity contribution in [2.75, 3.05) is 0 Å². The lowest BCUT2D eigenvalue weighted by Crippen LogP contribution is -2.01. The van der Waals surface area contributed by atoms with Crippen molar-refractivity contribution in [1.29, 1.82) is 0 Å². The van der Waals surface area contributed by atoms with Crippen LogP contribution in [0.3, 0.4) is 0 Å². The molecule has 0 unspecified atom stereocenters. The van der Waals surface area contributed by atoms with E-state index in [-0.39, 0.29) is 0 Å². The molecular formula is C11H11ClN2. The molecule has 2 rings (SSSR count). The molecule has 14 heavy (non-hydrogen) atoms. The van der Waals surface area contributed by atoms with Crippen LogP contribution >= 0.6 is 11.6 Å². The minimum Gasteiger partial charge on any atom is -0.302 e. The van der Waals surface area contributed by atoms with Gasteiger partial charge in [0.2, 0.25) is 0 Å². The highest BCUT2D eigenvalue weighted by Crippen LogP contribution is 2.21. The van der Waals surface area contributed by atoms with Crippen LogP contribution < -0.4 is 0 Å². The standard InChI is InChI=1S/C11H11ClN2/c1-8-5-6-9(2)14(8)11-10(12)4-3-7-13-11/h3-7H,1-2H3. The Bertz CT molecular complexity index is 441. The molecule has 0 spiro atoms. The first kappa shape index (κ1) is 9.28. The minimum absolute atomic E-state index is 0.676. The van der Waals surface area contributed by atoms with Gasteiger partial charge in [0, 0.05) is 17.6 Å². The fourth-order valence-electron chi connectivity index (χ4n) is 1.54. The molecule has 3 heteroatoms. The van der Waals surface area contributed by atoms with Gasteiger partial charge in [-0.25, -0.2) is 4.98 Å². The Hall–Kier alpha value is -1.28. The first-order chi connectivity index (χ1) is 6.70. The molecule has 0 saturated carbocycles. The van der Waals surface area contributed by atoms with Crippen molar-refractivity contribution >= 4 is 11.6 Å². The molecular weight excluding hydrogens is 196 g/mol. The molecule has 0 radical (unpaired) electrons. The van der Waals surface area contributed by atoms with Gasteiger partial charge in [0.05, 0.1) is 5.02 Å². The second kappa shape index (κ2) is 3.46. The molecule has 72 valence electrons. The SMILES string of the molecule is Cc1ccc(C)n1-c1ncccc1Cl. The Morgan fingerprint density at radius 2 is 1.79 bits per heavy atom. The van der Waals surface area contributed by atoms with Crippen LogP contribution in [0.5, 0.6) is 0 Å². The van der Waals surface area contributed by atoms with Crippen LogP contribution in [0.15, 0.2) is 30.5 Å². The number of aromatic nitrogens is 2. The maximum absolute atomic E-state index is 6.08. The van der Waals surface area contributed by atoms with E-state index in [0.717, 1.165) is 17.2 Å². The highest BCUT2D eigenvalue weighted by atomic mass is 35.5. The van der Waals surface area contributed by atoms with Gasteiger partial charge in [-0.3, -0.25) is 0 Å². The highest BCUT2D eigenvalue weighted by molar-refractivity contribution is 6.32. The molecule has 0 N–H and O–H groups in total. The van der Waals surface area contributed by atoms with Crippen molar-refractivity contribution in [3.63, 3.8) is 0 Å². The molecule has 2 heterocycles. The van der Waals surface area contributed by atoms with Crippen LogP contribution in [0.2, 0.25) is 5.02 Å². The van der Waals surface area contributed by atoms with Gasteiger partial charge >= 0.3 is 0 Å². The third kappa shape index (κ3) is 1.42. The van der Waals surface area contributed by atoms with Crippen LogP contribution in [0.25, 0.3) is 5.82 Å². The lowest BCUT2D eigenvalue weighted by Gasteiger charge is -2.09. The van der Waals surface area contributed by atoms with E-state index in [1.807, 2.05) is 30.5 Å². The molecule has 0 aromatic carbocycles. The van der Waals surface area contributed by atoms with E-state index >= 15 is 0 Å². The van der Waals surface area contributed by atoms with E-state index in [4.69, 9.17) is 11.6 Å². The van der Waals surface area contributed by atoms with Gasteiger partial charge in [0.15, 0.2) is 5.82 Å². The van der Waals surface area contributed by atoms with Crippen LogP contribution in [0.4, 0.5) is 0 Å². The van der Waals surface area contributed by atoms with Crippen molar-refractivity contribution in [3.05, 3.63) is 46.9 Å². The summed E-state index contributed by atoms with van der Waals surface area (Å²) < 4.78 is 2.04. The van der Waals surface area contributed by atoms with E-state index in [9.17, 15) is 0 Å². The Morgan fingerprint density at radius 3 is 2.36 bits per heavy atom. The third-order valence-corrected chi connectivity index (χ3v) is 2.52. The van der Waals surface area contributed by atoms with Crippen molar-refractivity contribution in [1.82, 2.24) is 9.55 Å².